The molecule has 0 amide bonds. The Labute approximate surface area is 124 Å². The van der Waals surface area contributed by atoms with Gasteiger partial charge in [0.1, 0.15) is 5.72 Å². The minimum atomic E-state index is -1.83. The molecular weight excluding hydrogens is 269 g/mol. The number of carbonyl (C=O) groups is 1. The van der Waals surface area contributed by atoms with E-state index in [1.54, 1.807) is 14.5 Å². The highest BCUT2D eigenvalue weighted by Gasteiger charge is 2.60. The van der Waals surface area contributed by atoms with E-state index in [9.17, 15) is 4.79 Å². The van der Waals surface area contributed by atoms with Gasteiger partial charge in [0, 0.05) is 13.2 Å². The van der Waals surface area contributed by atoms with E-state index in [1.165, 1.54) is 0 Å². The van der Waals surface area contributed by atoms with E-state index in [0.29, 0.717) is 6.04 Å². The fourth-order valence-corrected chi connectivity index (χ4v) is 4.61. The Hall–Kier alpha value is -0.168. The zero-order valence-corrected chi connectivity index (χ0v) is 14.6. The van der Waals surface area contributed by atoms with Crippen molar-refractivity contribution in [2.45, 2.75) is 76.0 Å². The van der Waals surface area contributed by atoms with Crippen LogP contribution in [0.5, 0.6) is 0 Å². The molecular formula is C14H27BNO3Si. The van der Waals surface area contributed by atoms with Crippen LogP contribution in [-0.2, 0) is 14.0 Å². The highest BCUT2D eigenvalue weighted by atomic mass is 28.4. The van der Waals surface area contributed by atoms with E-state index in [2.05, 4.69) is 38.7 Å². The molecule has 0 aliphatic carbocycles. The van der Waals surface area contributed by atoms with Gasteiger partial charge >= 0.3 is 0 Å². The zero-order valence-electron chi connectivity index (χ0n) is 13.6. The molecule has 20 heavy (non-hydrogen) atoms. The molecule has 0 spiro atoms. The van der Waals surface area contributed by atoms with Gasteiger partial charge in [-0.2, -0.15) is 0 Å². The molecule has 2 heterocycles. The van der Waals surface area contributed by atoms with Crippen molar-refractivity contribution in [1.82, 2.24) is 4.81 Å². The smallest absolute Gasteiger partial charge is 0.295 e. The first-order valence-corrected chi connectivity index (χ1v) is 10.4. The summed E-state index contributed by atoms with van der Waals surface area (Å²) in [4.78, 5) is 13.0. The molecule has 4 nitrogen and oxygen atoms in total. The number of methoxy groups -OCH3 is 1. The molecule has 6 heteroatoms. The van der Waals surface area contributed by atoms with Crippen molar-refractivity contribution in [2.24, 2.45) is 0 Å². The van der Waals surface area contributed by atoms with Crippen LogP contribution in [-0.4, -0.2) is 51.7 Å². The quantitative estimate of drug-likeness (QED) is 0.577. The lowest BCUT2D eigenvalue weighted by Crippen LogP contribution is -2.56. The molecule has 2 aliphatic rings. The van der Waals surface area contributed by atoms with Crippen LogP contribution in [0.1, 0.15) is 40.0 Å². The summed E-state index contributed by atoms with van der Waals surface area (Å²) in [6, 6.07) is 0.384. The molecule has 2 rings (SSSR count). The van der Waals surface area contributed by atoms with E-state index in [-0.39, 0.29) is 11.1 Å². The number of rotatable bonds is 5. The molecule has 113 valence electrons. The second-order valence-electron chi connectivity index (χ2n) is 7.54. The predicted octanol–water partition coefficient (Wildman–Crippen LogP) is 2.40. The molecule has 0 aromatic heterocycles. The van der Waals surface area contributed by atoms with Gasteiger partial charge in [0.2, 0.25) is 0 Å². The summed E-state index contributed by atoms with van der Waals surface area (Å²) in [6.45, 7) is 11.3. The lowest BCUT2D eigenvalue weighted by Gasteiger charge is -2.44. The Bertz CT molecular complexity index is 385. The number of nitrogens with zero attached hydrogens (tertiary/aromatic N) is 1. The summed E-state index contributed by atoms with van der Waals surface area (Å²) in [7, 11) is 1.54. The van der Waals surface area contributed by atoms with Crippen LogP contribution in [0.15, 0.2) is 0 Å². The monoisotopic (exact) mass is 296 g/mol. The van der Waals surface area contributed by atoms with Crippen molar-refractivity contribution in [3.05, 3.63) is 0 Å². The Balaban J connectivity index is 2.20. The van der Waals surface area contributed by atoms with E-state index in [4.69, 9.17) is 9.16 Å². The molecule has 2 saturated heterocycles. The minimum absolute atomic E-state index is 0.0725. The van der Waals surface area contributed by atoms with E-state index >= 15 is 0 Å². The summed E-state index contributed by atoms with van der Waals surface area (Å²) in [5, 5.41) is 0.184. The van der Waals surface area contributed by atoms with Gasteiger partial charge in [0.05, 0.1) is 12.3 Å². The molecule has 0 aromatic rings. The second-order valence-corrected chi connectivity index (χ2v) is 12.3. The van der Waals surface area contributed by atoms with Crippen LogP contribution in [0.25, 0.3) is 0 Å². The highest BCUT2D eigenvalue weighted by molar-refractivity contribution is 6.74. The number of hydrogen-bond donors (Lipinski definition) is 0. The SMILES string of the molecule is COC12CCC(CC1O[Si](C)(C)C(C)(C)C)N2[B]C=O. The highest BCUT2D eigenvalue weighted by Crippen LogP contribution is 2.50. The Morgan fingerprint density at radius 2 is 2.05 bits per heavy atom. The number of ether oxygens (including phenoxy) is 1. The van der Waals surface area contributed by atoms with E-state index in [1.807, 2.05) is 0 Å². The molecule has 2 bridgehead atoms. The third kappa shape index (κ3) is 2.41. The minimum Gasteiger partial charge on any atom is -0.410 e. The predicted molar refractivity (Wildman–Crippen MR) is 83.8 cm³/mol. The fraction of sp³-hybridized carbons (Fsp3) is 0.929. The van der Waals surface area contributed by atoms with Crippen LogP contribution in [0.4, 0.5) is 0 Å². The summed E-state index contributed by atoms with van der Waals surface area (Å²) < 4.78 is 12.5. The number of fused-ring (bicyclic) bond motifs is 2. The summed E-state index contributed by atoms with van der Waals surface area (Å²) in [6.07, 6.45) is 3.92. The van der Waals surface area contributed by atoms with Crippen molar-refractivity contribution in [1.29, 1.82) is 0 Å². The van der Waals surface area contributed by atoms with E-state index in [0.717, 1.165) is 25.4 Å². The third-order valence-electron chi connectivity index (χ3n) is 5.47. The number of carbonyl (C=O) groups excluding carboxylic acids is 1. The molecule has 3 unspecified atom stereocenters. The molecule has 0 aromatic carbocycles. The maximum Gasteiger partial charge on any atom is 0.295 e. The van der Waals surface area contributed by atoms with Crippen LogP contribution in [0.3, 0.4) is 0 Å². The van der Waals surface area contributed by atoms with Gasteiger partial charge in [-0.05, 0) is 37.4 Å². The molecule has 2 fully saturated rings. The molecule has 0 N–H and O–H groups in total. The maximum absolute atomic E-state index is 10.9. The summed E-state index contributed by atoms with van der Waals surface area (Å²) >= 11 is 0. The van der Waals surface area contributed by atoms with Gasteiger partial charge in [-0.3, -0.25) is 0 Å². The standard InChI is InChI=1S/C14H27BNO3Si/c1-13(2,3)20(5,6)19-12-9-11-7-8-14(12,18-4)16(11)15-10-17/h10-12H,7-9H2,1-6H3. The zero-order chi connectivity index (χ0) is 15.2. The molecule has 0 saturated carbocycles. The summed E-state index contributed by atoms with van der Waals surface area (Å²) in [5.74, 6) is 0. The van der Waals surface area contributed by atoms with Gasteiger partial charge in [0.15, 0.2) is 8.32 Å². The Morgan fingerprint density at radius 3 is 2.55 bits per heavy atom. The molecule has 3 atom stereocenters. The topological polar surface area (TPSA) is 38.8 Å². The average molecular weight is 296 g/mol. The first kappa shape index (κ1) is 16.2. The lowest BCUT2D eigenvalue weighted by molar-refractivity contribution is -0.124. The van der Waals surface area contributed by atoms with Crippen LogP contribution in [0.2, 0.25) is 18.1 Å². The van der Waals surface area contributed by atoms with Gasteiger partial charge in [-0.25, -0.2) is 0 Å². The molecule has 1 radical (unpaired) electrons. The normalized spacial score (nSPS) is 34.5. The molecule has 2 aliphatic heterocycles. The summed E-state index contributed by atoms with van der Waals surface area (Å²) in [5.41, 5.74) is -0.429. The first-order valence-electron chi connectivity index (χ1n) is 7.48. The van der Waals surface area contributed by atoms with Gasteiger partial charge in [-0.1, -0.05) is 20.8 Å². The lowest BCUT2D eigenvalue weighted by atomic mass is 9.91. The van der Waals surface area contributed by atoms with Gasteiger partial charge in [-0.15, -0.1) is 0 Å². The van der Waals surface area contributed by atoms with Crippen molar-refractivity contribution >= 4 is 21.9 Å². The number of hydrogen-bond acceptors (Lipinski definition) is 4. The Morgan fingerprint density at radius 1 is 1.40 bits per heavy atom. The van der Waals surface area contributed by atoms with Crippen molar-refractivity contribution in [3.63, 3.8) is 0 Å². The van der Waals surface area contributed by atoms with Crippen LogP contribution >= 0.6 is 0 Å². The second kappa shape index (κ2) is 5.23. The van der Waals surface area contributed by atoms with E-state index < -0.39 is 14.0 Å². The average Bonchev–Trinajstić information content (AvgIpc) is 2.80. The Kier molecular flexibility index (Phi) is 4.24. The van der Waals surface area contributed by atoms with Crippen molar-refractivity contribution in [2.75, 3.05) is 7.11 Å². The van der Waals surface area contributed by atoms with Crippen LogP contribution < -0.4 is 0 Å². The maximum atomic E-state index is 10.9. The van der Waals surface area contributed by atoms with Gasteiger partial charge in [0.25, 0.3) is 7.41 Å². The fourth-order valence-electron chi connectivity index (χ4n) is 3.27. The van der Waals surface area contributed by atoms with Gasteiger partial charge < -0.3 is 18.8 Å². The van der Waals surface area contributed by atoms with Crippen molar-refractivity contribution < 1.29 is 14.0 Å². The largest absolute Gasteiger partial charge is 0.410 e. The third-order valence-corrected chi connectivity index (χ3v) is 9.96. The van der Waals surface area contributed by atoms with Crippen LogP contribution in [0, 0.1) is 0 Å². The first-order chi connectivity index (χ1) is 9.18. The van der Waals surface area contributed by atoms with Crippen molar-refractivity contribution in [3.8, 4) is 0 Å².